The summed E-state index contributed by atoms with van der Waals surface area (Å²) in [6.45, 7) is 16.0. The summed E-state index contributed by atoms with van der Waals surface area (Å²) in [5.74, 6) is 1.70. The lowest BCUT2D eigenvalue weighted by molar-refractivity contribution is 0.590. The molecule has 224 valence electrons. The van der Waals surface area contributed by atoms with E-state index in [0.29, 0.717) is 90.2 Å². The second-order valence-corrected chi connectivity index (χ2v) is 8.69. The van der Waals surface area contributed by atoms with Crippen molar-refractivity contribution in [3.8, 4) is 45.8 Å². The molecule has 0 fully saturated rings. The molecule has 44 heavy (non-hydrogen) atoms. The molecule has 0 atom stereocenters. The monoisotopic (exact) mass is 588 g/mol. The molecule has 0 saturated heterocycles. The second kappa shape index (κ2) is 13.0. The Morgan fingerprint density at radius 2 is 0.523 bits per heavy atom. The number of fused-ring (bicyclic) bond motifs is 8. The lowest BCUT2D eigenvalue weighted by atomic mass is 10.2. The summed E-state index contributed by atoms with van der Waals surface area (Å²) in [5, 5.41) is 0. The van der Waals surface area contributed by atoms with Gasteiger partial charge in [-0.25, -0.2) is 19.9 Å². The maximum absolute atomic E-state index is 6.31. The van der Waals surface area contributed by atoms with E-state index in [1.54, 1.807) is 0 Å². The molecule has 0 unspecified atom stereocenters. The van der Waals surface area contributed by atoms with Crippen LogP contribution in [0, 0.1) is 0 Å². The van der Waals surface area contributed by atoms with Gasteiger partial charge >= 0.3 is 0 Å². The number of aromatic nitrogens is 4. The zero-order valence-corrected chi connectivity index (χ0v) is 26.4. The Balaban J connectivity index is 0.000000448. The minimum absolute atomic E-state index is 0.426. The standard InChI is InChI=1S/C28H12N4O4.4C2H6/c1-5-13-21-17(9-1)29-26(33-21)14-6-2-11-19-23(14)35-28(31-19)16-8-4-12-20-24(16)36-27(32-20)15-7-3-10-18-22(15)34-25(13)30-18;4*1-2/h1-12H;4*1-2H3. The first-order chi connectivity index (χ1) is 21.8. The van der Waals surface area contributed by atoms with Gasteiger partial charge in [-0.05, 0) is 48.5 Å². The second-order valence-electron chi connectivity index (χ2n) is 8.69. The van der Waals surface area contributed by atoms with Crippen LogP contribution in [0.3, 0.4) is 0 Å². The Morgan fingerprint density at radius 3 is 0.727 bits per heavy atom. The minimum atomic E-state index is 0.426. The van der Waals surface area contributed by atoms with Crippen LogP contribution in [0.5, 0.6) is 0 Å². The van der Waals surface area contributed by atoms with Crippen LogP contribution in [0.1, 0.15) is 55.4 Å². The topological polar surface area (TPSA) is 104 Å². The van der Waals surface area contributed by atoms with Crippen LogP contribution in [0.4, 0.5) is 0 Å². The predicted molar refractivity (Wildman–Crippen MR) is 177 cm³/mol. The van der Waals surface area contributed by atoms with Crippen LogP contribution in [0.15, 0.2) is 90.5 Å². The van der Waals surface area contributed by atoms with Crippen LogP contribution < -0.4 is 0 Å². The van der Waals surface area contributed by atoms with Crippen LogP contribution in [-0.4, -0.2) is 19.9 Å². The third-order valence-corrected chi connectivity index (χ3v) is 6.58. The third kappa shape index (κ3) is 4.82. The first-order valence-corrected chi connectivity index (χ1v) is 15.4. The van der Waals surface area contributed by atoms with Gasteiger partial charge in [-0.15, -0.1) is 0 Å². The minimum Gasteiger partial charge on any atom is -0.435 e. The van der Waals surface area contributed by atoms with Crippen molar-refractivity contribution < 1.29 is 17.7 Å². The molecule has 8 heteroatoms. The van der Waals surface area contributed by atoms with Gasteiger partial charge in [-0.3, -0.25) is 0 Å². The van der Waals surface area contributed by atoms with Crippen molar-refractivity contribution in [2.24, 2.45) is 0 Å². The molecule has 8 nitrogen and oxygen atoms in total. The smallest absolute Gasteiger partial charge is 0.231 e. The zero-order chi connectivity index (χ0) is 31.4. The molecular formula is C36H36N4O4. The summed E-state index contributed by atoms with van der Waals surface area (Å²) >= 11 is 0. The quantitative estimate of drug-likeness (QED) is 0.172. The van der Waals surface area contributed by atoms with Crippen molar-refractivity contribution in [2.45, 2.75) is 55.4 Å². The van der Waals surface area contributed by atoms with E-state index in [1.165, 1.54) is 0 Å². The van der Waals surface area contributed by atoms with E-state index in [4.69, 9.17) is 37.6 Å². The van der Waals surface area contributed by atoms with E-state index in [0.717, 1.165) is 0 Å². The van der Waals surface area contributed by atoms with Crippen molar-refractivity contribution in [2.75, 3.05) is 0 Å². The van der Waals surface area contributed by atoms with Gasteiger partial charge in [0.2, 0.25) is 23.6 Å². The van der Waals surface area contributed by atoms with Crippen molar-refractivity contribution in [3.05, 3.63) is 72.8 Å². The van der Waals surface area contributed by atoms with E-state index in [1.807, 2.05) is 128 Å². The Bertz CT molecular complexity index is 1870. The molecule has 4 aromatic heterocycles. The molecule has 5 heterocycles. The summed E-state index contributed by atoms with van der Waals surface area (Å²) in [5.41, 5.74) is 7.86. The van der Waals surface area contributed by atoms with Gasteiger partial charge < -0.3 is 17.7 Å². The van der Waals surface area contributed by atoms with Crippen molar-refractivity contribution in [1.82, 2.24) is 19.9 Å². The van der Waals surface area contributed by atoms with E-state index < -0.39 is 0 Å². The third-order valence-electron chi connectivity index (χ3n) is 6.58. The Hall–Kier alpha value is -5.24. The maximum atomic E-state index is 6.31. The fourth-order valence-corrected chi connectivity index (χ4v) is 4.93. The van der Waals surface area contributed by atoms with E-state index in [2.05, 4.69) is 0 Å². The summed E-state index contributed by atoms with van der Waals surface area (Å²) in [7, 11) is 0. The lowest BCUT2D eigenvalue weighted by Gasteiger charge is -1.98. The van der Waals surface area contributed by atoms with Gasteiger partial charge in [-0.2, -0.15) is 0 Å². The molecule has 0 radical (unpaired) electrons. The van der Waals surface area contributed by atoms with Gasteiger partial charge in [-0.1, -0.05) is 79.7 Å². The molecule has 0 N–H and O–H groups in total. The van der Waals surface area contributed by atoms with Crippen molar-refractivity contribution in [3.63, 3.8) is 0 Å². The molecular weight excluding hydrogens is 552 g/mol. The summed E-state index contributed by atoms with van der Waals surface area (Å²) in [4.78, 5) is 19.0. The molecule has 0 spiro atoms. The zero-order valence-electron chi connectivity index (χ0n) is 26.4. The highest BCUT2D eigenvalue weighted by molar-refractivity contribution is 5.98. The molecule has 8 bridgehead atoms. The first-order valence-electron chi connectivity index (χ1n) is 15.4. The van der Waals surface area contributed by atoms with Crippen LogP contribution in [0.25, 0.3) is 90.2 Å². The molecule has 9 rings (SSSR count). The van der Waals surface area contributed by atoms with Crippen LogP contribution >= 0.6 is 0 Å². The van der Waals surface area contributed by atoms with Crippen molar-refractivity contribution >= 4 is 44.4 Å². The van der Waals surface area contributed by atoms with Crippen molar-refractivity contribution in [1.29, 1.82) is 0 Å². The Kier molecular flexibility index (Phi) is 8.90. The number of oxazole rings is 4. The number of hydrogen-bond acceptors (Lipinski definition) is 8. The molecule has 8 aromatic rings. The Labute approximate surface area is 255 Å². The maximum Gasteiger partial charge on any atom is 0.231 e. The highest BCUT2D eigenvalue weighted by atomic mass is 16.4. The number of hydrogen-bond donors (Lipinski definition) is 0. The first kappa shape index (κ1) is 30.2. The van der Waals surface area contributed by atoms with Gasteiger partial charge in [0.05, 0.1) is 22.3 Å². The van der Waals surface area contributed by atoms with E-state index in [-0.39, 0.29) is 0 Å². The van der Waals surface area contributed by atoms with Gasteiger partial charge in [0.15, 0.2) is 22.3 Å². The van der Waals surface area contributed by atoms with Crippen LogP contribution in [0.2, 0.25) is 0 Å². The fourth-order valence-electron chi connectivity index (χ4n) is 4.93. The fraction of sp³-hybridized carbons (Fsp3) is 0.222. The molecule has 0 saturated carbocycles. The SMILES string of the molecule is CC.CC.CC.CC.c1cc2c3oc(nc3c1)-c1cccc3nc(oc13)-c1cccc3nc(oc13)-c1cccc3nc-2oc13. The summed E-state index contributed by atoms with van der Waals surface area (Å²) in [6, 6.07) is 22.8. The number of benzene rings is 4. The summed E-state index contributed by atoms with van der Waals surface area (Å²) in [6.07, 6.45) is 0. The van der Waals surface area contributed by atoms with Gasteiger partial charge in [0.25, 0.3) is 0 Å². The predicted octanol–water partition coefficient (Wildman–Crippen LogP) is 11.3. The largest absolute Gasteiger partial charge is 0.435 e. The van der Waals surface area contributed by atoms with Gasteiger partial charge in [0.1, 0.15) is 22.1 Å². The molecule has 1 aliphatic rings. The highest BCUT2D eigenvalue weighted by Crippen LogP contribution is 2.41. The van der Waals surface area contributed by atoms with E-state index >= 15 is 0 Å². The number of nitrogens with zero attached hydrogens (tertiary/aromatic N) is 4. The molecule has 4 aromatic carbocycles. The normalized spacial score (nSPS) is 10.7. The van der Waals surface area contributed by atoms with E-state index in [9.17, 15) is 0 Å². The van der Waals surface area contributed by atoms with Gasteiger partial charge in [0, 0.05) is 0 Å². The highest BCUT2D eigenvalue weighted by Gasteiger charge is 2.24. The number of rotatable bonds is 0. The average molecular weight is 589 g/mol. The average Bonchev–Trinajstić information content (AvgIpc) is 3.90. The number of para-hydroxylation sites is 4. The molecule has 0 aliphatic carbocycles. The summed E-state index contributed by atoms with van der Waals surface area (Å²) < 4.78 is 25.2. The van der Waals surface area contributed by atoms with Crippen LogP contribution in [-0.2, 0) is 0 Å². The Morgan fingerprint density at radius 1 is 0.318 bits per heavy atom. The lowest BCUT2D eigenvalue weighted by Crippen LogP contribution is -1.78. The molecule has 1 aliphatic heterocycles. The molecule has 0 amide bonds.